The molecular weight excluding hydrogens is 284 g/mol. The molecule has 0 radical (unpaired) electrons. The van der Waals surface area contributed by atoms with E-state index in [1.165, 1.54) is 11.4 Å². The lowest BCUT2D eigenvalue weighted by molar-refractivity contribution is 0.0844. The van der Waals surface area contributed by atoms with Gasteiger partial charge in [-0.25, -0.2) is 0 Å². The van der Waals surface area contributed by atoms with E-state index in [2.05, 4.69) is 20.4 Å². The third-order valence-electron chi connectivity index (χ3n) is 2.52. The van der Waals surface area contributed by atoms with Crippen LogP contribution in [-0.2, 0) is 0 Å². The highest BCUT2D eigenvalue weighted by molar-refractivity contribution is 7.03. The van der Waals surface area contributed by atoms with Crippen molar-refractivity contribution in [3.05, 3.63) is 34.8 Å². The Labute approximate surface area is 116 Å². The number of benzene rings is 1. The second-order valence-electron chi connectivity index (χ2n) is 3.77. The van der Waals surface area contributed by atoms with Gasteiger partial charge >= 0.3 is 0 Å². The van der Waals surface area contributed by atoms with Crippen molar-refractivity contribution in [1.82, 2.24) is 20.4 Å². The van der Waals surface area contributed by atoms with E-state index >= 15 is 0 Å². The summed E-state index contributed by atoms with van der Waals surface area (Å²) in [7, 11) is 0. The van der Waals surface area contributed by atoms with Crippen molar-refractivity contribution in [2.75, 3.05) is 6.79 Å². The van der Waals surface area contributed by atoms with Crippen LogP contribution in [0.2, 0.25) is 0 Å². The average Bonchev–Trinajstić information content (AvgIpc) is 3.13. The molecule has 20 heavy (non-hydrogen) atoms. The maximum atomic E-state index is 11.9. The largest absolute Gasteiger partial charge is 0.454 e. The lowest BCUT2D eigenvalue weighted by Crippen LogP contribution is -2.41. The number of hydrogen-bond donors (Lipinski definition) is 2. The lowest BCUT2D eigenvalue weighted by atomic mass is 10.2. The molecule has 0 fully saturated rings. The highest BCUT2D eigenvalue weighted by Gasteiger charge is 2.17. The Morgan fingerprint density at radius 3 is 2.75 bits per heavy atom. The fourth-order valence-electron chi connectivity index (χ4n) is 1.55. The molecule has 0 unspecified atom stereocenters. The number of ether oxygens (including phenoxy) is 2. The Hall–Kier alpha value is -2.68. The molecule has 0 atom stereocenters. The highest BCUT2D eigenvalue weighted by atomic mass is 32.1. The molecule has 2 amide bonds. The normalized spacial score (nSPS) is 12.0. The van der Waals surface area contributed by atoms with Crippen LogP contribution < -0.4 is 20.3 Å². The van der Waals surface area contributed by atoms with Gasteiger partial charge < -0.3 is 9.47 Å². The summed E-state index contributed by atoms with van der Waals surface area (Å²) in [6, 6.07) is 4.73. The molecule has 2 N–H and O–H groups in total. The van der Waals surface area contributed by atoms with E-state index < -0.39 is 11.8 Å². The van der Waals surface area contributed by atoms with Crippen molar-refractivity contribution in [3.8, 4) is 11.5 Å². The zero-order valence-corrected chi connectivity index (χ0v) is 10.8. The molecule has 102 valence electrons. The molecular formula is C11H8N4O4S. The molecule has 0 spiro atoms. The van der Waals surface area contributed by atoms with E-state index in [0.29, 0.717) is 17.1 Å². The van der Waals surface area contributed by atoms with Crippen LogP contribution in [0.3, 0.4) is 0 Å². The van der Waals surface area contributed by atoms with Gasteiger partial charge in [0.25, 0.3) is 11.8 Å². The van der Waals surface area contributed by atoms with Crippen LogP contribution in [-0.4, -0.2) is 28.2 Å². The summed E-state index contributed by atoms with van der Waals surface area (Å²) in [5.74, 6) is 0.0690. The number of fused-ring (bicyclic) bond motifs is 1. The Bertz CT molecular complexity index is 658. The Balaban J connectivity index is 1.63. The summed E-state index contributed by atoms with van der Waals surface area (Å²) in [6.07, 6.45) is 0. The van der Waals surface area contributed by atoms with Crippen LogP contribution in [0, 0.1) is 0 Å². The number of hydrogen-bond acceptors (Lipinski definition) is 7. The minimum atomic E-state index is -0.534. The van der Waals surface area contributed by atoms with Gasteiger partial charge in [-0.1, -0.05) is 4.49 Å². The van der Waals surface area contributed by atoms with Crippen LogP contribution >= 0.6 is 11.5 Å². The maximum absolute atomic E-state index is 11.9. The monoisotopic (exact) mass is 292 g/mol. The topological polar surface area (TPSA) is 102 Å². The molecule has 3 rings (SSSR count). The molecule has 2 heterocycles. The molecule has 2 aromatic rings. The Kier molecular flexibility index (Phi) is 3.17. The van der Waals surface area contributed by atoms with Crippen LogP contribution in [0.5, 0.6) is 11.5 Å². The summed E-state index contributed by atoms with van der Waals surface area (Å²) in [5, 5.41) is 5.06. The molecule has 1 aliphatic rings. The van der Waals surface area contributed by atoms with Crippen LogP contribution in [0.4, 0.5) is 0 Å². The number of nitrogens with one attached hydrogen (secondary N) is 2. The molecule has 0 bridgehead atoms. The summed E-state index contributed by atoms with van der Waals surface area (Å²) in [5.41, 5.74) is 5.00. The SMILES string of the molecule is O=C(NNC(=O)c1csnn1)c1ccc2c(c1)OCO2. The zero-order valence-electron chi connectivity index (χ0n) is 9.95. The van der Waals surface area contributed by atoms with Crippen LogP contribution in [0.25, 0.3) is 0 Å². The van der Waals surface area contributed by atoms with Crippen molar-refractivity contribution < 1.29 is 19.1 Å². The minimum absolute atomic E-state index is 0.133. The van der Waals surface area contributed by atoms with Crippen LogP contribution in [0.15, 0.2) is 23.6 Å². The Morgan fingerprint density at radius 2 is 1.95 bits per heavy atom. The zero-order chi connectivity index (χ0) is 13.9. The van der Waals surface area contributed by atoms with E-state index in [0.717, 1.165) is 11.5 Å². The summed E-state index contributed by atoms with van der Waals surface area (Å²) >= 11 is 1.05. The number of rotatable bonds is 2. The smallest absolute Gasteiger partial charge is 0.291 e. The number of carbonyl (C=O) groups excluding carboxylic acids is 2. The summed E-state index contributed by atoms with van der Waals surface area (Å²) in [4.78, 5) is 23.4. The van der Waals surface area contributed by atoms with E-state index in [4.69, 9.17) is 9.47 Å². The molecule has 0 saturated carbocycles. The van der Waals surface area contributed by atoms with Gasteiger partial charge in [0.1, 0.15) is 0 Å². The number of carbonyl (C=O) groups is 2. The molecule has 0 saturated heterocycles. The van der Waals surface area contributed by atoms with E-state index in [1.807, 2.05) is 0 Å². The highest BCUT2D eigenvalue weighted by Crippen LogP contribution is 2.32. The Morgan fingerprint density at radius 1 is 1.15 bits per heavy atom. The second-order valence-corrected chi connectivity index (χ2v) is 4.38. The third kappa shape index (κ3) is 2.38. The van der Waals surface area contributed by atoms with Crippen molar-refractivity contribution in [2.45, 2.75) is 0 Å². The second kappa shape index (κ2) is 5.13. The predicted octanol–water partition coefficient (Wildman–Crippen LogP) is 0.342. The van der Waals surface area contributed by atoms with Crippen molar-refractivity contribution in [3.63, 3.8) is 0 Å². The molecule has 0 aliphatic carbocycles. The van der Waals surface area contributed by atoms with E-state index in [-0.39, 0.29) is 12.5 Å². The molecule has 8 nitrogen and oxygen atoms in total. The van der Waals surface area contributed by atoms with Gasteiger partial charge in [0, 0.05) is 10.9 Å². The van der Waals surface area contributed by atoms with E-state index in [9.17, 15) is 9.59 Å². The van der Waals surface area contributed by atoms with Gasteiger partial charge in [-0.3, -0.25) is 20.4 Å². The predicted molar refractivity (Wildman–Crippen MR) is 67.4 cm³/mol. The number of nitrogens with zero attached hydrogens (tertiary/aromatic N) is 2. The van der Waals surface area contributed by atoms with E-state index in [1.54, 1.807) is 12.1 Å². The maximum Gasteiger partial charge on any atom is 0.291 e. The quantitative estimate of drug-likeness (QED) is 0.774. The van der Waals surface area contributed by atoms with Gasteiger partial charge in [-0.05, 0) is 29.7 Å². The van der Waals surface area contributed by atoms with Gasteiger partial charge in [0.2, 0.25) is 6.79 Å². The van der Waals surface area contributed by atoms with Gasteiger partial charge in [0.05, 0.1) is 0 Å². The number of amides is 2. The third-order valence-corrected chi connectivity index (χ3v) is 3.02. The molecule has 1 aliphatic heterocycles. The van der Waals surface area contributed by atoms with Gasteiger partial charge in [0.15, 0.2) is 17.2 Å². The first-order chi connectivity index (χ1) is 9.74. The fourth-order valence-corrected chi connectivity index (χ4v) is 1.99. The van der Waals surface area contributed by atoms with Crippen molar-refractivity contribution in [1.29, 1.82) is 0 Å². The average molecular weight is 292 g/mol. The van der Waals surface area contributed by atoms with Gasteiger partial charge in [-0.15, -0.1) is 5.10 Å². The first-order valence-electron chi connectivity index (χ1n) is 5.51. The number of aromatic nitrogens is 2. The minimum Gasteiger partial charge on any atom is -0.454 e. The van der Waals surface area contributed by atoms with Gasteiger partial charge in [-0.2, -0.15) is 0 Å². The molecule has 1 aromatic carbocycles. The number of hydrazine groups is 1. The van der Waals surface area contributed by atoms with Crippen molar-refractivity contribution >= 4 is 23.3 Å². The van der Waals surface area contributed by atoms with Crippen molar-refractivity contribution in [2.24, 2.45) is 0 Å². The first kappa shape index (κ1) is 12.4. The summed E-state index contributed by atoms with van der Waals surface area (Å²) in [6.45, 7) is 0.133. The lowest BCUT2D eigenvalue weighted by Gasteiger charge is -2.06. The standard InChI is InChI=1S/C11H8N4O4S/c16-10(13-14-11(17)7-4-20-15-12-7)6-1-2-8-9(3-6)19-5-18-8/h1-4H,5H2,(H,13,16)(H,14,17). The summed E-state index contributed by atoms with van der Waals surface area (Å²) < 4.78 is 13.9. The van der Waals surface area contributed by atoms with Crippen LogP contribution in [0.1, 0.15) is 20.8 Å². The fraction of sp³-hybridized carbons (Fsp3) is 0.0909. The molecule has 1 aromatic heterocycles. The molecule has 9 heteroatoms. The first-order valence-corrected chi connectivity index (χ1v) is 6.35.